The van der Waals surface area contributed by atoms with Gasteiger partial charge in [0.05, 0.1) is 11.0 Å². The monoisotopic (exact) mass is 360 g/mol. The highest BCUT2D eigenvalue weighted by Gasteiger charge is 2.10. The van der Waals surface area contributed by atoms with Crippen LogP contribution in [0.4, 0.5) is 0 Å². The van der Waals surface area contributed by atoms with E-state index in [1.807, 2.05) is 43.3 Å². The zero-order chi connectivity index (χ0) is 18.8. The molecule has 0 spiro atoms. The summed E-state index contributed by atoms with van der Waals surface area (Å²) in [5.74, 6) is 0.687. The number of pyridine rings is 1. The summed E-state index contributed by atoms with van der Waals surface area (Å²) < 4.78 is 2.15. The van der Waals surface area contributed by atoms with Crippen molar-refractivity contribution in [3.05, 3.63) is 76.5 Å². The molecule has 0 saturated carbocycles. The SMILES string of the molecule is Cc1nc2ccccc2n1CCCNC(=O)c1cc2ccccc2c(=O)[nH]1. The van der Waals surface area contributed by atoms with Crippen LogP contribution in [0.15, 0.2) is 59.4 Å². The van der Waals surface area contributed by atoms with Gasteiger partial charge < -0.3 is 14.9 Å². The Morgan fingerprint density at radius 2 is 1.93 bits per heavy atom. The number of aromatic amines is 1. The van der Waals surface area contributed by atoms with Gasteiger partial charge in [0.2, 0.25) is 0 Å². The van der Waals surface area contributed by atoms with Gasteiger partial charge in [0.15, 0.2) is 0 Å². The molecule has 1 amide bonds. The summed E-state index contributed by atoms with van der Waals surface area (Å²) in [5.41, 5.74) is 2.11. The molecule has 4 rings (SSSR count). The number of hydrogen-bond donors (Lipinski definition) is 2. The Bertz CT molecular complexity index is 1190. The lowest BCUT2D eigenvalue weighted by molar-refractivity contribution is 0.0947. The van der Waals surface area contributed by atoms with Crippen LogP contribution in [-0.4, -0.2) is 27.0 Å². The number of nitrogens with zero attached hydrogens (tertiary/aromatic N) is 2. The van der Waals surface area contributed by atoms with Crippen LogP contribution in [0.1, 0.15) is 22.7 Å². The van der Waals surface area contributed by atoms with E-state index in [1.165, 1.54) is 0 Å². The molecular weight excluding hydrogens is 340 g/mol. The molecule has 6 nitrogen and oxygen atoms in total. The number of carbonyl (C=O) groups excluding carboxylic acids is 1. The molecule has 0 unspecified atom stereocenters. The highest BCUT2D eigenvalue weighted by atomic mass is 16.2. The Morgan fingerprint density at radius 3 is 2.81 bits per heavy atom. The van der Waals surface area contributed by atoms with E-state index in [9.17, 15) is 9.59 Å². The lowest BCUT2D eigenvalue weighted by Crippen LogP contribution is -2.28. The van der Waals surface area contributed by atoms with E-state index in [-0.39, 0.29) is 17.2 Å². The first-order valence-corrected chi connectivity index (χ1v) is 8.95. The molecule has 2 aromatic carbocycles. The van der Waals surface area contributed by atoms with E-state index < -0.39 is 0 Å². The van der Waals surface area contributed by atoms with Crippen LogP contribution in [0.5, 0.6) is 0 Å². The summed E-state index contributed by atoms with van der Waals surface area (Å²) in [5, 5.41) is 4.21. The molecule has 0 radical (unpaired) electrons. The predicted octanol–water partition coefficient (Wildman–Crippen LogP) is 3.01. The lowest BCUT2D eigenvalue weighted by Gasteiger charge is -2.09. The number of hydrogen-bond acceptors (Lipinski definition) is 3. The number of nitrogens with one attached hydrogen (secondary N) is 2. The minimum atomic E-state index is -0.273. The van der Waals surface area contributed by atoms with E-state index in [2.05, 4.69) is 19.9 Å². The minimum absolute atomic E-state index is 0.251. The van der Waals surface area contributed by atoms with Crippen molar-refractivity contribution in [3.8, 4) is 0 Å². The third kappa shape index (κ3) is 3.33. The van der Waals surface area contributed by atoms with Crippen LogP contribution < -0.4 is 10.9 Å². The van der Waals surface area contributed by atoms with Crippen molar-refractivity contribution < 1.29 is 4.79 Å². The van der Waals surface area contributed by atoms with Gasteiger partial charge in [0.1, 0.15) is 11.5 Å². The molecule has 0 aliphatic rings. The average molecular weight is 360 g/mol. The minimum Gasteiger partial charge on any atom is -0.351 e. The first-order chi connectivity index (χ1) is 13.1. The van der Waals surface area contributed by atoms with Crippen molar-refractivity contribution in [2.45, 2.75) is 19.9 Å². The van der Waals surface area contributed by atoms with Crippen molar-refractivity contribution in [1.82, 2.24) is 19.9 Å². The highest BCUT2D eigenvalue weighted by molar-refractivity contribution is 5.96. The fourth-order valence-electron chi connectivity index (χ4n) is 3.35. The van der Waals surface area contributed by atoms with Gasteiger partial charge in [-0.2, -0.15) is 0 Å². The van der Waals surface area contributed by atoms with E-state index in [0.29, 0.717) is 11.9 Å². The Morgan fingerprint density at radius 1 is 1.15 bits per heavy atom. The molecule has 0 atom stereocenters. The van der Waals surface area contributed by atoms with Crippen molar-refractivity contribution in [2.24, 2.45) is 0 Å². The average Bonchev–Trinajstić information content (AvgIpc) is 3.00. The second-order valence-electron chi connectivity index (χ2n) is 6.51. The van der Waals surface area contributed by atoms with Crippen LogP contribution in [0, 0.1) is 6.92 Å². The molecule has 2 N–H and O–H groups in total. The second-order valence-corrected chi connectivity index (χ2v) is 6.51. The van der Waals surface area contributed by atoms with Crippen LogP contribution >= 0.6 is 0 Å². The number of H-pyrrole nitrogens is 1. The number of carbonyl (C=O) groups is 1. The number of aryl methyl sites for hydroxylation is 2. The summed E-state index contributed by atoms with van der Waals surface area (Å²) in [6.45, 7) is 3.26. The van der Waals surface area contributed by atoms with E-state index in [4.69, 9.17) is 0 Å². The van der Waals surface area contributed by atoms with E-state index in [0.717, 1.165) is 35.2 Å². The fourth-order valence-corrected chi connectivity index (χ4v) is 3.35. The highest BCUT2D eigenvalue weighted by Crippen LogP contribution is 2.15. The zero-order valence-corrected chi connectivity index (χ0v) is 15.0. The molecule has 136 valence electrons. The Labute approximate surface area is 155 Å². The van der Waals surface area contributed by atoms with Gasteiger partial charge in [0.25, 0.3) is 11.5 Å². The maximum absolute atomic E-state index is 12.4. The summed E-state index contributed by atoms with van der Waals surface area (Å²) in [7, 11) is 0. The lowest BCUT2D eigenvalue weighted by atomic mass is 10.1. The number of aromatic nitrogens is 3. The first kappa shape index (κ1) is 17.0. The Balaban J connectivity index is 1.41. The van der Waals surface area contributed by atoms with Crippen molar-refractivity contribution in [1.29, 1.82) is 0 Å². The molecular formula is C21H20N4O2. The zero-order valence-electron chi connectivity index (χ0n) is 15.0. The smallest absolute Gasteiger partial charge is 0.267 e. The molecule has 6 heteroatoms. The number of para-hydroxylation sites is 2. The van der Waals surface area contributed by atoms with Gasteiger partial charge in [0, 0.05) is 18.5 Å². The quantitative estimate of drug-likeness (QED) is 0.537. The van der Waals surface area contributed by atoms with E-state index >= 15 is 0 Å². The molecule has 0 saturated heterocycles. The second kappa shape index (κ2) is 7.07. The molecule has 0 bridgehead atoms. The number of imidazole rings is 1. The van der Waals surface area contributed by atoms with Gasteiger partial charge in [-0.1, -0.05) is 30.3 Å². The molecule has 2 aromatic heterocycles. The Hall–Kier alpha value is -3.41. The van der Waals surface area contributed by atoms with Gasteiger partial charge in [-0.3, -0.25) is 9.59 Å². The van der Waals surface area contributed by atoms with Crippen LogP contribution in [0.25, 0.3) is 21.8 Å². The number of amides is 1. The number of benzene rings is 2. The van der Waals surface area contributed by atoms with Crippen LogP contribution in [0.2, 0.25) is 0 Å². The molecule has 2 heterocycles. The number of rotatable bonds is 5. The van der Waals surface area contributed by atoms with Gasteiger partial charge in [-0.15, -0.1) is 0 Å². The van der Waals surface area contributed by atoms with Crippen molar-refractivity contribution in [3.63, 3.8) is 0 Å². The summed E-state index contributed by atoms with van der Waals surface area (Å²) >= 11 is 0. The van der Waals surface area contributed by atoms with Crippen molar-refractivity contribution >= 4 is 27.7 Å². The standard InChI is InChI=1S/C21H20N4O2/c1-14-23-17-9-4-5-10-19(17)25(14)12-6-11-22-21(27)18-13-15-7-2-3-8-16(15)20(26)24-18/h2-5,7-10,13H,6,11-12H2,1H3,(H,22,27)(H,24,26). The van der Waals surface area contributed by atoms with E-state index in [1.54, 1.807) is 18.2 Å². The maximum atomic E-state index is 12.4. The molecule has 0 aliphatic carbocycles. The molecule has 4 aromatic rings. The van der Waals surface area contributed by atoms with Crippen molar-refractivity contribution in [2.75, 3.05) is 6.54 Å². The molecule has 27 heavy (non-hydrogen) atoms. The summed E-state index contributed by atoms with van der Waals surface area (Å²) in [6.07, 6.45) is 0.769. The normalized spacial score (nSPS) is 11.1. The van der Waals surface area contributed by atoms with Gasteiger partial charge in [-0.05, 0) is 43.0 Å². The van der Waals surface area contributed by atoms with Crippen LogP contribution in [-0.2, 0) is 6.54 Å². The number of fused-ring (bicyclic) bond motifs is 2. The van der Waals surface area contributed by atoms with Crippen LogP contribution in [0.3, 0.4) is 0 Å². The first-order valence-electron chi connectivity index (χ1n) is 8.95. The molecule has 0 fully saturated rings. The summed E-state index contributed by atoms with van der Waals surface area (Å²) in [4.78, 5) is 31.7. The summed E-state index contributed by atoms with van der Waals surface area (Å²) in [6, 6.07) is 17.0. The fraction of sp³-hybridized carbons (Fsp3) is 0.190. The Kier molecular flexibility index (Phi) is 4.46. The largest absolute Gasteiger partial charge is 0.351 e. The van der Waals surface area contributed by atoms with Gasteiger partial charge in [-0.25, -0.2) is 4.98 Å². The maximum Gasteiger partial charge on any atom is 0.267 e. The molecule has 0 aliphatic heterocycles. The third-order valence-corrected chi connectivity index (χ3v) is 4.69. The third-order valence-electron chi connectivity index (χ3n) is 4.69. The topological polar surface area (TPSA) is 79.8 Å². The predicted molar refractivity (Wildman–Crippen MR) is 106 cm³/mol. The van der Waals surface area contributed by atoms with Gasteiger partial charge >= 0.3 is 0 Å².